The van der Waals surface area contributed by atoms with Gasteiger partial charge in [-0.05, 0) is 18.8 Å². The van der Waals surface area contributed by atoms with E-state index >= 15 is 0 Å². The maximum Gasteiger partial charge on any atom is 0.115 e. The predicted molar refractivity (Wildman–Crippen MR) is 40.1 cm³/mol. The largest absolute Gasteiger partial charge is 0.376 e. The molecule has 1 aliphatic carbocycles. The van der Waals surface area contributed by atoms with Crippen LogP contribution < -0.4 is 11.5 Å². The van der Waals surface area contributed by atoms with Crippen LogP contribution in [0.15, 0.2) is 0 Å². The molecule has 10 heavy (non-hydrogen) atoms. The van der Waals surface area contributed by atoms with Gasteiger partial charge in [-0.1, -0.05) is 6.92 Å². The van der Waals surface area contributed by atoms with E-state index < -0.39 is 5.72 Å². The second-order valence-corrected chi connectivity index (χ2v) is 3.49. The molecule has 3 unspecified atom stereocenters. The van der Waals surface area contributed by atoms with Gasteiger partial charge in [-0.15, -0.1) is 0 Å². The van der Waals surface area contributed by atoms with Crippen molar-refractivity contribution in [2.75, 3.05) is 0 Å². The molecule has 1 rings (SSSR count). The highest BCUT2D eigenvalue weighted by molar-refractivity contribution is 4.86. The van der Waals surface area contributed by atoms with Gasteiger partial charge in [0.25, 0.3) is 0 Å². The van der Waals surface area contributed by atoms with E-state index in [1.165, 1.54) is 0 Å². The van der Waals surface area contributed by atoms with Crippen molar-refractivity contribution in [1.82, 2.24) is 0 Å². The highest BCUT2D eigenvalue weighted by Crippen LogP contribution is 2.26. The fourth-order valence-corrected chi connectivity index (χ4v) is 1.40. The first-order valence-electron chi connectivity index (χ1n) is 3.78. The molecule has 0 heterocycles. The van der Waals surface area contributed by atoms with Gasteiger partial charge in [0.15, 0.2) is 0 Å². The highest BCUT2D eigenvalue weighted by Gasteiger charge is 2.32. The van der Waals surface area contributed by atoms with Crippen LogP contribution in [0.1, 0.15) is 26.2 Å². The van der Waals surface area contributed by atoms with Crippen LogP contribution in [0.5, 0.6) is 0 Å². The third-order valence-electron chi connectivity index (χ3n) is 2.35. The van der Waals surface area contributed by atoms with Crippen LogP contribution in [0.2, 0.25) is 0 Å². The van der Waals surface area contributed by atoms with E-state index in [0.29, 0.717) is 18.8 Å². The van der Waals surface area contributed by atoms with E-state index in [2.05, 4.69) is 6.92 Å². The molecule has 0 aromatic carbocycles. The molecule has 3 atom stereocenters. The number of nitrogens with two attached hydrogens (primary N) is 2. The Hall–Kier alpha value is -0.120. The van der Waals surface area contributed by atoms with E-state index in [0.717, 1.165) is 6.42 Å². The van der Waals surface area contributed by atoms with Gasteiger partial charge < -0.3 is 16.6 Å². The van der Waals surface area contributed by atoms with Gasteiger partial charge in [-0.3, -0.25) is 0 Å². The third-order valence-corrected chi connectivity index (χ3v) is 2.35. The van der Waals surface area contributed by atoms with Crippen LogP contribution in [-0.2, 0) is 0 Å². The second kappa shape index (κ2) is 2.49. The molecule has 3 heteroatoms. The Morgan fingerprint density at radius 1 is 1.60 bits per heavy atom. The average molecular weight is 144 g/mol. The molecule has 1 aliphatic rings. The van der Waals surface area contributed by atoms with Crippen LogP contribution in [0, 0.1) is 5.92 Å². The molecule has 1 saturated carbocycles. The summed E-state index contributed by atoms with van der Waals surface area (Å²) in [5.74, 6) is 0.504. The topological polar surface area (TPSA) is 72.3 Å². The lowest BCUT2D eigenvalue weighted by molar-refractivity contribution is -0.00942. The summed E-state index contributed by atoms with van der Waals surface area (Å²) in [7, 11) is 0. The number of hydrogen-bond acceptors (Lipinski definition) is 3. The fourth-order valence-electron chi connectivity index (χ4n) is 1.40. The van der Waals surface area contributed by atoms with Crippen LogP contribution in [0.25, 0.3) is 0 Å². The molecule has 0 aliphatic heterocycles. The summed E-state index contributed by atoms with van der Waals surface area (Å²) in [5, 5.41) is 9.36. The SMILES string of the molecule is CC1CCC(N)(O)CC1N. The Labute approximate surface area is 61.4 Å². The van der Waals surface area contributed by atoms with E-state index in [9.17, 15) is 5.11 Å². The first kappa shape index (κ1) is 7.98. The zero-order valence-electron chi connectivity index (χ0n) is 6.38. The zero-order valence-corrected chi connectivity index (χ0v) is 6.38. The van der Waals surface area contributed by atoms with Gasteiger partial charge >= 0.3 is 0 Å². The second-order valence-electron chi connectivity index (χ2n) is 3.49. The predicted octanol–water partition coefficient (Wildman–Crippen LogP) is -0.219. The van der Waals surface area contributed by atoms with Gasteiger partial charge in [0, 0.05) is 12.5 Å². The van der Waals surface area contributed by atoms with Gasteiger partial charge in [-0.2, -0.15) is 0 Å². The molecule has 0 spiro atoms. The smallest absolute Gasteiger partial charge is 0.115 e. The van der Waals surface area contributed by atoms with E-state index in [1.54, 1.807) is 0 Å². The molecule has 0 bridgehead atoms. The maximum atomic E-state index is 9.36. The lowest BCUT2D eigenvalue weighted by Gasteiger charge is -2.35. The minimum atomic E-state index is -0.994. The maximum absolute atomic E-state index is 9.36. The number of aliphatic hydroxyl groups is 1. The van der Waals surface area contributed by atoms with Gasteiger partial charge in [0.2, 0.25) is 0 Å². The highest BCUT2D eigenvalue weighted by atomic mass is 16.3. The zero-order chi connectivity index (χ0) is 7.78. The minimum absolute atomic E-state index is 0.0729. The normalized spacial score (nSPS) is 49.2. The lowest BCUT2D eigenvalue weighted by atomic mass is 9.81. The first-order chi connectivity index (χ1) is 4.51. The summed E-state index contributed by atoms with van der Waals surface area (Å²) in [5.41, 5.74) is 10.2. The van der Waals surface area contributed by atoms with Gasteiger partial charge in [-0.25, -0.2) is 0 Å². The molecule has 0 aromatic rings. The molecule has 5 N–H and O–H groups in total. The molecular weight excluding hydrogens is 128 g/mol. The summed E-state index contributed by atoms with van der Waals surface area (Å²) >= 11 is 0. The Kier molecular flexibility index (Phi) is 1.99. The summed E-state index contributed by atoms with van der Waals surface area (Å²) in [4.78, 5) is 0. The average Bonchev–Trinajstić information content (AvgIpc) is 1.79. The standard InChI is InChI=1S/C7H16N2O/c1-5-2-3-7(9,10)4-6(5)8/h5-6,10H,2-4,8-9H2,1H3. The Bertz CT molecular complexity index is 125. The van der Waals surface area contributed by atoms with E-state index in [4.69, 9.17) is 11.5 Å². The van der Waals surface area contributed by atoms with Crippen molar-refractivity contribution in [2.45, 2.75) is 38.0 Å². The summed E-state index contributed by atoms with van der Waals surface area (Å²) in [6.07, 6.45) is 2.16. The summed E-state index contributed by atoms with van der Waals surface area (Å²) in [6.45, 7) is 2.10. The molecule has 3 nitrogen and oxygen atoms in total. The lowest BCUT2D eigenvalue weighted by Crippen LogP contribution is -2.50. The molecule has 0 radical (unpaired) electrons. The molecular formula is C7H16N2O. The van der Waals surface area contributed by atoms with E-state index in [-0.39, 0.29) is 6.04 Å². The Balaban J connectivity index is 2.49. The molecule has 60 valence electrons. The minimum Gasteiger partial charge on any atom is -0.376 e. The fraction of sp³-hybridized carbons (Fsp3) is 1.00. The molecule has 0 aromatic heterocycles. The van der Waals surface area contributed by atoms with Crippen molar-refractivity contribution in [2.24, 2.45) is 17.4 Å². The van der Waals surface area contributed by atoms with Gasteiger partial charge in [0.05, 0.1) is 0 Å². The monoisotopic (exact) mass is 144 g/mol. The van der Waals surface area contributed by atoms with E-state index in [1.807, 2.05) is 0 Å². The van der Waals surface area contributed by atoms with Crippen molar-refractivity contribution in [3.05, 3.63) is 0 Å². The quantitative estimate of drug-likeness (QED) is 0.412. The molecule has 0 saturated heterocycles. The summed E-state index contributed by atoms with van der Waals surface area (Å²) in [6, 6.07) is 0.0729. The van der Waals surface area contributed by atoms with Crippen LogP contribution in [0.4, 0.5) is 0 Å². The van der Waals surface area contributed by atoms with Crippen molar-refractivity contribution >= 4 is 0 Å². The third kappa shape index (κ3) is 1.68. The summed E-state index contributed by atoms with van der Waals surface area (Å²) < 4.78 is 0. The van der Waals surface area contributed by atoms with Crippen LogP contribution in [0.3, 0.4) is 0 Å². The van der Waals surface area contributed by atoms with Crippen molar-refractivity contribution in [3.63, 3.8) is 0 Å². The van der Waals surface area contributed by atoms with Crippen molar-refractivity contribution in [1.29, 1.82) is 0 Å². The number of rotatable bonds is 0. The van der Waals surface area contributed by atoms with Crippen molar-refractivity contribution < 1.29 is 5.11 Å². The molecule has 1 fully saturated rings. The molecule has 0 amide bonds. The van der Waals surface area contributed by atoms with Gasteiger partial charge in [0.1, 0.15) is 5.72 Å². The number of hydrogen-bond donors (Lipinski definition) is 3. The van der Waals surface area contributed by atoms with Crippen molar-refractivity contribution in [3.8, 4) is 0 Å². The van der Waals surface area contributed by atoms with Crippen LogP contribution in [-0.4, -0.2) is 16.9 Å². The van der Waals surface area contributed by atoms with Crippen LogP contribution >= 0.6 is 0 Å². The first-order valence-corrected chi connectivity index (χ1v) is 3.78. The Morgan fingerprint density at radius 3 is 2.60 bits per heavy atom. The Morgan fingerprint density at radius 2 is 2.20 bits per heavy atom.